The van der Waals surface area contributed by atoms with Gasteiger partial charge in [-0.1, -0.05) is 51.1 Å². The summed E-state index contributed by atoms with van der Waals surface area (Å²) >= 11 is 0. The average Bonchev–Trinajstić information content (AvgIpc) is 2.62. The first-order chi connectivity index (χ1) is 12.4. The monoisotopic (exact) mass is 353 g/mol. The lowest BCUT2D eigenvalue weighted by atomic mass is 9.71. The number of primary amides is 1. The highest BCUT2D eigenvalue weighted by Gasteiger charge is 2.38. The Kier molecular flexibility index (Phi) is 5.21. The van der Waals surface area contributed by atoms with E-state index in [-0.39, 0.29) is 11.5 Å². The first-order valence-electron chi connectivity index (χ1n) is 9.23. The van der Waals surface area contributed by atoms with E-state index in [0.29, 0.717) is 0 Å². The molecule has 0 radical (unpaired) electrons. The predicted molar refractivity (Wildman–Crippen MR) is 103 cm³/mol. The van der Waals surface area contributed by atoms with Crippen molar-refractivity contribution >= 4 is 6.09 Å². The molecule has 0 aromatic heterocycles. The van der Waals surface area contributed by atoms with Crippen molar-refractivity contribution in [1.82, 2.24) is 0 Å². The first-order valence-corrected chi connectivity index (χ1v) is 9.23. The third-order valence-electron chi connectivity index (χ3n) is 5.05. The lowest BCUT2D eigenvalue weighted by molar-refractivity contribution is 0.0147. The van der Waals surface area contributed by atoms with Gasteiger partial charge in [0.2, 0.25) is 0 Å². The summed E-state index contributed by atoms with van der Waals surface area (Å²) in [7, 11) is 0. The number of hydrogen-bond acceptors (Lipinski definition) is 3. The van der Waals surface area contributed by atoms with Gasteiger partial charge in [-0.2, -0.15) is 0 Å². The molecule has 0 heterocycles. The van der Waals surface area contributed by atoms with E-state index >= 15 is 0 Å². The average molecular weight is 353 g/mol. The Morgan fingerprint density at radius 1 is 1.19 bits per heavy atom. The van der Waals surface area contributed by atoms with Crippen LogP contribution in [0.3, 0.4) is 0 Å². The zero-order valence-electron chi connectivity index (χ0n) is 15.7. The van der Waals surface area contributed by atoms with Gasteiger partial charge in [0, 0.05) is 5.41 Å². The minimum absolute atomic E-state index is 0.128. The van der Waals surface area contributed by atoms with E-state index in [1.165, 1.54) is 5.56 Å². The van der Waals surface area contributed by atoms with Crippen LogP contribution in [-0.2, 0) is 11.2 Å². The number of hydrogen-bond donors (Lipinski definition) is 1. The van der Waals surface area contributed by atoms with Crippen LogP contribution < -0.4 is 10.5 Å². The van der Waals surface area contributed by atoms with Crippen LogP contribution in [0.2, 0.25) is 0 Å². The second-order valence-corrected chi connectivity index (χ2v) is 7.60. The smallest absolute Gasteiger partial charge is 0.405 e. The highest BCUT2D eigenvalue weighted by Crippen LogP contribution is 2.46. The Bertz CT molecular complexity index is 798. The highest BCUT2D eigenvalue weighted by molar-refractivity contribution is 5.68. The van der Waals surface area contributed by atoms with Gasteiger partial charge >= 0.3 is 6.09 Å². The van der Waals surface area contributed by atoms with E-state index in [4.69, 9.17) is 15.2 Å². The third-order valence-corrected chi connectivity index (χ3v) is 5.05. The van der Waals surface area contributed by atoms with Crippen molar-refractivity contribution in [2.75, 3.05) is 6.61 Å². The van der Waals surface area contributed by atoms with Crippen molar-refractivity contribution in [3.8, 4) is 16.9 Å². The van der Waals surface area contributed by atoms with Crippen molar-refractivity contribution in [1.29, 1.82) is 0 Å². The van der Waals surface area contributed by atoms with Gasteiger partial charge in [0.25, 0.3) is 0 Å². The van der Waals surface area contributed by atoms with E-state index in [1.54, 1.807) is 0 Å². The van der Waals surface area contributed by atoms with E-state index < -0.39 is 6.09 Å². The maximum absolute atomic E-state index is 11.4. The standard InChI is InChI=1S/C22H27NO3/c1-4-12-25-18-7-5-6-15(14-18)16-8-9-19-17(13-16)10-11-22(2,3)20(19)26-21(23)24/h5-9,13-14,20H,4,10-12H2,1-3H3,(H2,23,24)/t20-/m0/s1. The summed E-state index contributed by atoms with van der Waals surface area (Å²) in [6.45, 7) is 7.05. The minimum atomic E-state index is -0.722. The molecule has 0 bridgehead atoms. The fourth-order valence-electron chi connectivity index (χ4n) is 3.59. The molecule has 26 heavy (non-hydrogen) atoms. The van der Waals surface area contributed by atoms with Gasteiger partial charge in [0.15, 0.2) is 0 Å². The normalized spacial score (nSPS) is 18.0. The number of fused-ring (bicyclic) bond motifs is 1. The lowest BCUT2D eigenvalue weighted by Gasteiger charge is -2.39. The number of carbonyl (C=O) groups is 1. The van der Waals surface area contributed by atoms with Crippen LogP contribution in [0.25, 0.3) is 11.1 Å². The number of benzene rings is 2. The Labute approximate surface area is 155 Å². The molecular formula is C22H27NO3. The molecule has 2 aromatic rings. The molecule has 0 fully saturated rings. The summed E-state index contributed by atoms with van der Waals surface area (Å²) in [5.41, 5.74) is 9.72. The second kappa shape index (κ2) is 7.40. The Morgan fingerprint density at radius 2 is 1.96 bits per heavy atom. The van der Waals surface area contributed by atoms with E-state index in [0.717, 1.165) is 48.3 Å². The van der Waals surface area contributed by atoms with Gasteiger partial charge in [-0.25, -0.2) is 4.79 Å². The van der Waals surface area contributed by atoms with Crippen molar-refractivity contribution in [3.63, 3.8) is 0 Å². The van der Waals surface area contributed by atoms with Gasteiger partial charge < -0.3 is 15.2 Å². The molecule has 0 aliphatic heterocycles. The molecule has 0 saturated heterocycles. The molecule has 0 spiro atoms. The van der Waals surface area contributed by atoms with Crippen LogP contribution >= 0.6 is 0 Å². The topological polar surface area (TPSA) is 61.6 Å². The van der Waals surface area contributed by atoms with E-state index in [9.17, 15) is 4.79 Å². The van der Waals surface area contributed by atoms with Gasteiger partial charge in [0.05, 0.1) is 6.61 Å². The summed E-state index contributed by atoms with van der Waals surface area (Å²) in [5.74, 6) is 0.887. The molecule has 4 nitrogen and oxygen atoms in total. The summed E-state index contributed by atoms with van der Waals surface area (Å²) in [6, 6.07) is 14.5. The zero-order valence-corrected chi connectivity index (χ0v) is 15.7. The van der Waals surface area contributed by atoms with E-state index in [2.05, 4.69) is 51.1 Å². The Morgan fingerprint density at radius 3 is 2.69 bits per heavy atom. The summed E-state index contributed by atoms with van der Waals surface area (Å²) in [5, 5.41) is 0. The summed E-state index contributed by atoms with van der Waals surface area (Å²) in [6.07, 6.45) is 1.86. The molecule has 1 aliphatic carbocycles. The molecule has 1 amide bonds. The number of carbonyl (C=O) groups excluding carboxylic acids is 1. The minimum Gasteiger partial charge on any atom is -0.494 e. The summed E-state index contributed by atoms with van der Waals surface area (Å²) < 4.78 is 11.2. The van der Waals surface area contributed by atoms with Crippen LogP contribution in [0.5, 0.6) is 5.75 Å². The molecule has 138 valence electrons. The molecular weight excluding hydrogens is 326 g/mol. The maximum atomic E-state index is 11.4. The van der Waals surface area contributed by atoms with Gasteiger partial charge in [-0.3, -0.25) is 0 Å². The van der Waals surface area contributed by atoms with Crippen molar-refractivity contribution in [2.45, 2.75) is 46.1 Å². The fourth-order valence-corrected chi connectivity index (χ4v) is 3.59. The van der Waals surface area contributed by atoms with Crippen LogP contribution in [0.15, 0.2) is 42.5 Å². The van der Waals surface area contributed by atoms with Crippen molar-refractivity contribution < 1.29 is 14.3 Å². The quantitative estimate of drug-likeness (QED) is 0.798. The van der Waals surface area contributed by atoms with Gasteiger partial charge in [-0.15, -0.1) is 0 Å². The van der Waals surface area contributed by atoms with Crippen molar-refractivity contribution in [2.24, 2.45) is 11.1 Å². The Balaban J connectivity index is 1.93. The molecule has 1 atom stereocenters. The molecule has 2 N–H and O–H groups in total. The summed E-state index contributed by atoms with van der Waals surface area (Å²) in [4.78, 5) is 11.4. The predicted octanol–water partition coefficient (Wildman–Crippen LogP) is 5.25. The molecule has 1 aliphatic rings. The van der Waals surface area contributed by atoms with Crippen molar-refractivity contribution in [3.05, 3.63) is 53.6 Å². The Hall–Kier alpha value is -2.49. The zero-order chi connectivity index (χ0) is 18.7. The molecule has 3 rings (SSSR count). The van der Waals surface area contributed by atoms with Gasteiger partial charge in [-0.05, 0) is 53.6 Å². The molecule has 0 saturated carbocycles. The van der Waals surface area contributed by atoms with Crippen LogP contribution in [0, 0.1) is 5.41 Å². The first kappa shape index (κ1) is 18.3. The fraction of sp³-hybridized carbons (Fsp3) is 0.409. The number of nitrogens with two attached hydrogens (primary N) is 1. The number of rotatable bonds is 5. The van der Waals surface area contributed by atoms with Gasteiger partial charge in [0.1, 0.15) is 11.9 Å². The molecule has 4 heteroatoms. The van der Waals surface area contributed by atoms with Crippen LogP contribution in [0.4, 0.5) is 4.79 Å². The third kappa shape index (κ3) is 3.85. The van der Waals surface area contributed by atoms with Crippen LogP contribution in [0.1, 0.15) is 50.8 Å². The van der Waals surface area contributed by atoms with E-state index in [1.807, 2.05) is 12.1 Å². The maximum Gasteiger partial charge on any atom is 0.405 e. The number of ether oxygens (including phenoxy) is 2. The molecule has 2 aromatic carbocycles. The lowest BCUT2D eigenvalue weighted by Crippen LogP contribution is -2.33. The highest BCUT2D eigenvalue weighted by atomic mass is 16.6. The second-order valence-electron chi connectivity index (χ2n) is 7.60. The van der Waals surface area contributed by atoms with Crippen LogP contribution in [-0.4, -0.2) is 12.7 Å². The largest absolute Gasteiger partial charge is 0.494 e. The molecule has 0 unspecified atom stereocenters. The number of amides is 1. The SMILES string of the molecule is CCCOc1cccc(-c2ccc3c(c2)CCC(C)(C)[C@H]3OC(N)=O)c1. The number of aryl methyl sites for hydroxylation is 1.